The molecule has 0 spiro atoms. The number of benzene rings is 1. The normalized spacial score (nSPS) is 10.1. The Hall–Kier alpha value is -2.24. The van der Waals surface area contributed by atoms with Gasteiger partial charge in [0, 0.05) is 6.04 Å². The van der Waals surface area contributed by atoms with Gasteiger partial charge in [0.25, 0.3) is 0 Å². The van der Waals surface area contributed by atoms with E-state index in [1.807, 2.05) is 13.8 Å². The van der Waals surface area contributed by atoms with Crippen LogP contribution in [0.15, 0.2) is 18.2 Å². The van der Waals surface area contributed by atoms with E-state index in [1.165, 1.54) is 13.2 Å². The number of nitrogen functional groups attached to an aromatic ring is 1. The molecule has 0 saturated heterocycles. The highest BCUT2D eigenvalue weighted by Gasteiger charge is 2.09. The van der Waals surface area contributed by atoms with Crippen LogP contribution in [-0.4, -0.2) is 31.6 Å². The van der Waals surface area contributed by atoms with E-state index in [2.05, 4.69) is 15.4 Å². The van der Waals surface area contributed by atoms with Gasteiger partial charge in [-0.25, -0.2) is 4.79 Å². The summed E-state index contributed by atoms with van der Waals surface area (Å²) in [6, 6.07) is 4.83. The van der Waals surface area contributed by atoms with Crippen LogP contribution >= 0.6 is 0 Å². The van der Waals surface area contributed by atoms with Crippen LogP contribution in [-0.2, 0) is 9.53 Å². The fraction of sp³-hybridized carbons (Fsp3) is 0.385. The van der Waals surface area contributed by atoms with Crippen LogP contribution in [0.2, 0.25) is 0 Å². The number of anilines is 2. The number of nitrogens with one attached hydrogen (secondary N) is 2. The first-order chi connectivity index (χ1) is 8.93. The average molecular weight is 265 g/mol. The largest absolute Gasteiger partial charge is 0.465 e. The molecule has 1 aromatic rings. The van der Waals surface area contributed by atoms with Gasteiger partial charge in [-0.3, -0.25) is 4.79 Å². The summed E-state index contributed by atoms with van der Waals surface area (Å²) in [4.78, 5) is 22.8. The molecule has 6 nitrogen and oxygen atoms in total. The SMILES string of the molecule is COC(=O)c1ccc(NCC(=O)NC(C)C)c(N)c1. The smallest absolute Gasteiger partial charge is 0.337 e. The van der Waals surface area contributed by atoms with Crippen LogP contribution in [0.25, 0.3) is 0 Å². The van der Waals surface area contributed by atoms with Gasteiger partial charge in [0.1, 0.15) is 0 Å². The third-order valence-corrected chi connectivity index (χ3v) is 2.36. The molecule has 0 radical (unpaired) electrons. The van der Waals surface area contributed by atoms with Crippen molar-refractivity contribution in [1.82, 2.24) is 5.32 Å². The number of carbonyl (C=O) groups excluding carboxylic acids is 2. The minimum Gasteiger partial charge on any atom is -0.465 e. The molecule has 0 unspecified atom stereocenters. The standard InChI is InChI=1S/C13H19N3O3/c1-8(2)16-12(17)7-15-11-5-4-9(6-10(11)14)13(18)19-3/h4-6,8,15H,7,14H2,1-3H3,(H,16,17). The lowest BCUT2D eigenvalue weighted by Gasteiger charge is -2.12. The molecule has 0 aliphatic carbocycles. The number of hydrogen-bond acceptors (Lipinski definition) is 5. The van der Waals surface area contributed by atoms with E-state index in [9.17, 15) is 9.59 Å². The number of methoxy groups -OCH3 is 1. The van der Waals surface area contributed by atoms with Crippen molar-refractivity contribution in [3.8, 4) is 0 Å². The summed E-state index contributed by atoms with van der Waals surface area (Å²) in [5.74, 6) is -0.567. The average Bonchev–Trinajstić information content (AvgIpc) is 2.35. The van der Waals surface area contributed by atoms with Crippen LogP contribution in [0.4, 0.5) is 11.4 Å². The molecule has 1 aromatic carbocycles. The highest BCUT2D eigenvalue weighted by molar-refractivity contribution is 5.92. The highest BCUT2D eigenvalue weighted by Crippen LogP contribution is 2.20. The maximum absolute atomic E-state index is 11.5. The lowest BCUT2D eigenvalue weighted by Crippen LogP contribution is -2.34. The van der Waals surface area contributed by atoms with E-state index in [0.29, 0.717) is 16.9 Å². The van der Waals surface area contributed by atoms with E-state index in [-0.39, 0.29) is 18.5 Å². The quantitative estimate of drug-likeness (QED) is 0.545. The van der Waals surface area contributed by atoms with Gasteiger partial charge in [-0.2, -0.15) is 0 Å². The molecule has 4 N–H and O–H groups in total. The Morgan fingerprint density at radius 2 is 2.05 bits per heavy atom. The Bertz CT molecular complexity index is 472. The second-order valence-corrected chi connectivity index (χ2v) is 4.37. The molecular formula is C13H19N3O3. The van der Waals surface area contributed by atoms with Crippen molar-refractivity contribution >= 4 is 23.3 Å². The summed E-state index contributed by atoms with van der Waals surface area (Å²) in [6.07, 6.45) is 0. The molecule has 0 aliphatic rings. The summed E-state index contributed by atoms with van der Waals surface area (Å²) in [5.41, 5.74) is 7.16. The summed E-state index contributed by atoms with van der Waals surface area (Å²) in [5, 5.41) is 5.67. The number of nitrogens with two attached hydrogens (primary N) is 1. The third kappa shape index (κ3) is 4.50. The van der Waals surface area contributed by atoms with Gasteiger partial charge >= 0.3 is 5.97 Å². The zero-order chi connectivity index (χ0) is 14.4. The zero-order valence-corrected chi connectivity index (χ0v) is 11.3. The molecule has 104 valence electrons. The van der Waals surface area contributed by atoms with E-state index < -0.39 is 5.97 Å². The highest BCUT2D eigenvalue weighted by atomic mass is 16.5. The Morgan fingerprint density at radius 3 is 2.58 bits per heavy atom. The van der Waals surface area contributed by atoms with E-state index in [0.717, 1.165) is 0 Å². The lowest BCUT2D eigenvalue weighted by atomic mass is 10.1. The van der Waals surface area contributed by atoms with Crippen molar-refractivity contribution in [2.75, 3.05) is 24.7 Å². The van der Waals surface area contributed by atoms with Gasteiger partial charge < -0.3 is 21.1 Å². The van der Waals surface area contributed by atoms with Gasteiger partial charge in [-0.05, 0) is 32.0 Å². The number of amides is 1. The molecule has 1 rings (SSSR count). The van der Waals surface area contributed by atoms with Crippen molar-refractivity contribution in [2.24, 2.45) is 0 Å². The first kappa shape index (κ1) is 14.8. The van der Waals surface area contributed by atoms with Crippen molar-refractivity contribution < 1.29 is 14.3 Å². The summed E-state index contributed by atoms with van der Waals surface area (Å²) in [6.45, 7) is 3.90. The number of ether oxygens (including phenoxy) is 1. The number of carbonyl (C=O) groups is 2. The Morgan fingerprint density at radius 1 is 1.37 bits per heavy atom. The minimum absolute atomic E-state index is 0.0911. The fourth-order valence-corrected chi connectivity index (χ4v) is 1.52. The Kier molecular flexibility index (Phi) is 5.17. The zero-order valence-electron chi connectivity index (χ0n) is 11.3. The molecule has 0 atom stereocenters. The molecule has 0 saturated carbocycles. The van der Waals surface area contributed by atoms with E-state index in [4.69, 9.17) is 5.73 Å². The monoisotopic (exact) mass is 265 g/mol. The molecule has 0 fully saturated rings. The molecule has 1 amide bonds. The van der Waals surface area contributed by atoms with Crippen molar-refractivity contribution in [1.29, 1.82) is 0 Å². The van der Waals surface area contributed by atoms with Crippen LogP contribution < -0.4 is 16.4 Å². The number of esters is 1. The van der Waals surface area contributed by atoms with Crippen LogP contribution in [0.3, 0.4) is 0 Å². The second-order valence-electron chi connectivity index (χ2n) is 4.37. The summed E-state index contributed by atoms with van der Waals surface area (Å²) >= 11 is 0. The third-order valence-electron chi connectivity index (χ3n) is 2.36. The van der Waals surface area contributed by atoms with Gasteiger partial charge in [-0.1, -0.05) is 0 Å². The fourth-order valence-electron chi connectivity index (χ4n) is 1.52. The van der Waals surface area contributed by atoms with Crippen molar-refractivity contribution in [2.45, 2.75) is 19.9 Å². The first-order valence-corrected chi connectivity index (χ1v) is 5.95. The molecule has 19 heavy (non-hydrogen) atoms. The maximum Gasteiger partial charge on any atom is 0.337 e. The van der Waals surface area contributed by atoms with Gasteiger partial charge in [0.15, 0.2) is 0 Å². The predicted molar refractivity (Wildman–Crippen MR) is 74.0 cm³/mol. The lowest BCUT2D eigenvalue weighted by molar-refractivity contribution is -0.119. The first-order valence-electron chi connectivity index (χ1n) is 5.95. The van der Waals surface area contributed by atoms with Gasteiger partial charge in [0.05, 0.1) is 30.6 Å². The van der Waals surface area contributed by atoms with E-state index >= 15 is 0 Å². The molecule has 0 bridgehead atoms. The van der Waals surface area contributed by atoms with E-state index in [1.54, 1.807) is 12.1 Å². The number of hydrogen-bond donors (Lipinski definition) is 3. The molecule has 6 heteroatoms. The molecule has 0 heterocycles. The minimum atomic E-state index is -0.448. The molecule has 0 aliphatic heterocycles. The topological polar surface area (TPSA) is 93.4 Å². The maximum atomic E-state index is 11.5. The van der Waals surface area contributed by atoms with Crippen molar-refractivity contribution in [3.05, 3.63) is 23.8 Å². The Labute approximate surface area is 112 Å². The van der Waals surface area contributed by atoms with Crippen molar-refractivity contribution in [3.63, 3.8) is 0 Å². The molecular weight excluding hydrogens is 246 g/mol. The Balaban J connectivity index is 2.65. The number of rotatable bonds is 5. The summed E-state index contributed by atoms with van der Waals surface area (Å²) in [7, 11) is 1.31. The van der Waals surface area contributed by atoms with Gasteiger partial charge in [0.2, 0.25) is 5.91 Å². The van der Waals surface area contributed by atoms with Crippen LogP contribution in [0, 0.1) is 0 Å². The predicted octanol–water partition coefficient (Wildman–Crippen LogP) is 0.992. The van der Waals surface area contributed by atoms with Crippen LogP contribution in [0.1, 0.15) is 24.2 Å². The second kappa shape index (κ2) is 6.63. The molecule has 0 aromatic heterocycles. The summed E-state index contributed by atoms with van der Waals surface area (Å²) < 4.78 is 4.59. The van der Waals surface area contributed by atoms with Crippen LogP contribution in [0.5, 0.6) is 0 Å². The van der Waals surface area contributed by atoms with Gasteiger partial charge in [-0.15, -0.1) is 0 Å².